The number of likely N-dealkylation sites (N-methyl/N-ethyl adjacent to an activating group) is 1. The molecule has 21 heavy (non-hydrogen) atoms. The molecule has 0 bridgehead atoms. The summed E-state index contributed by atoms with van der Waals surface area (Å²) in [5, 5.41) is 6.68. The van der Waals surface area contributed by atoms with Crippen LogP contribution in [0, 0.1) is 6.92 Å². The van der Waals surface area contributed by atoms with Crippen LogP contribution in [0.25, 0.3) is 0 Å². The highest BCUT2D eigenvalue weighted by Crippen LogP contribution is 2.38. The monoisotopic (exact) mass is 319 g/mol. The smallest absolute Gasteiger partial charge is 0.0441 e. The molecule has 1 aromatic heterocycles. The Morgan fingerprint density at radius 3 is 3.00 bits per heavy atom. The lowest BCUT2D eigenvalue weighted by atomic mass is 9.80. The van der Waals surface area contributed by atoms with Gasteiger partial charge in [0.15, 0.2) is 0 Å². The molecule has 1 aliphatic rings. The molecule has 0 fully saturated rings. The van der Waals surface area contributed by atoms with E-state index in [4.69, 9.17) is 11.6 Å². The van der Waals surface area contributed by atoms with Gasteiger partial charge in [0.2, 0.25) is 0 Å². The van der Waals surface area contributed by atoms with Crippen molar-refractivity contribution in [1.82, 2.24) is 5.32 Å². The van der Waals surface area contributed by atoms with E-state index in [-0.39, 0.29) is 0 Å². The third-order valence-electron chi connectivity index (χ3n) is 4.60. The van der Waals surface area contributed by atoms with Crippen LogP contribution < -0.4 is 5.32 Å². The van der Waals surface area contributed by atoms with Gasteiger partial charge in [-0.2, -0.15) is 0 Å². The average Bonchev–Trinajstić information content (AvgIpc) is 2.95. The van der Waals surface area contributed by atoms with E-state index in [2.05, 4.69) is 48.9 Å². The van der Waals surface area contributed by atoms with Gasteiger partial charge in [-0.15, -0.1) is 11.3 Å². The van der Waals surface area contributed by atoms with Crippen molar-refractivity contribution in [2.75, 3.05) is 7.05 Å². The van der Waals surface area contributed by atoms with E-state index in [1.165, 1.54) is 30.4 Å². The second-order valence-corrected chi connectivity index (χ2v) is 7.40. The van der Waals surface area contributed by atoms with Gasteiger partial charge < -0.3 is 5.32 Å². The van der Waals surface area contributed by atoms with Gasteiger partial charge in [-0.1, -0.05) is 23.7 Å². The standard InChI is InChI=1S/C18H22ClNS/c1-12-6-7-13(16(19)10-12)11-17(20-2)14-4-3-5-18-15(14)8-9-21-18/h6-10,14,17,20H,3-5,11H2,1-2H3. The van der Waals surface area contributed by atoms with Crippen molar-refractivity contribution in [3.05, 3.63) is 56.2 Å². The van der Waals surface area contributed by atoms with Crippen LogP contribution in [0.3, 0.4) is 0 Å². The van der Waals surface area contributed by atoms with Gasteiger partial charge >= 0.3 is 0 Å². The molecule has 3 heteroatoms. The van der Waals surface area contributed by atoms with E-state index in [9.17, 15) is 0 Å². The van der Waals surface area contributed by atoms with E-state index in [1.54, 1.807) is 10.4 Å². The third kappa shape index (κ3) is 3.18. The Bertz CT molecular complexity index is 619. The predicted molar refractivity (Wildman–Crippen MR) is 92.7 cm³/mol. The topological polar surface area (TPSA) is 12.0 Å². The lowest BCUT2D eigenvalue weighted by molar-refractivity contribution is 0.414. The van der Waals surface area contributed by atoms with Crippen LogP contribution in [0.4, 0.5) is 0 Å². The Morgan fingerprint density at radius 2 is 2.24 bits per heavy atom. The summed E-state index contributed by atoms with van der Waals surface area (Å²) in [6.07, 6.45) is 4.83. The minimum atomic E-state index is 0.457. The molecule has 1 N–H and O–H groups in total. The van der Waals surface area contributed by atoms with E-state index in [1.807, 2.05) is 11.3 Å². The molecule has 1 nitrogen and oxygen atoms in total. The van der Waals surface area contributed by atoms with Crippen LogP contribution in [0.15, 0.2) is 29.6 Å². The summed E-state index contributed by atoms with van der Waals surface area (Å²) < 4.78 is 0. The lowest BCUT2D eigenvalue weighted by Gasteiger charge is -2.31. The first-order valence-corrected chi connectivity index (χ1v) is 8.93. The van der Waals surface area contributed by atoms with Crippen LogP contribution in [-0.4, -0.2) is 13.1 Å². The van der Waals surface area contributed by atoms with Crippen LogP contribution in [0.5, 0.6) is 0 Å². The fraction of sp³-hybridized carbons (Fsp3) is 0.444. The molecule has 2 unspecified atom stereocenters. The maximum Gasteiger partial charge on any atom is 0.0441 e. The minimum Gasteiger partial charge on any atom is -0.316 e. The highest BCUT2D eigenvalue weighted by atomic mass is 35.5. The summed E-state index contributed by atoms with van der Waals surface area (Å²) in [5.74, 6) is 0.613. The number of halogens is 1. The molecule has 1 aliphatic carbocycles. The lowest BCUT2D eigenvalue weighted by Crippen LogP contribution is -2.35. The minimum absolute atomic E-state index is 0.457. The molecule has 0 amide bonds. The van der Waals surface area contributed by atoms with Crippen molar-refractivity contribution in [2.45, 2.75) is 44.6 Å². The molecule has 112 valence electrons. The van der Waals surface area contributed by atoms with Gasteiger partial charge in [0, 0.05) is 21.9 Å². The van der Waals surface area contributed by atoms with Gasteiger partial charge in [-0.3, -0.25) is 0 Å². The van der Waals surface area contributed by atoms with Crippen molar-refractivity contribution in [3.8, 4) is 0 Å². The first-order valence-electron chi connectivity index (χ1n) is 7.67. The zero-order valence-electron chi connectivity index (χ0n) is 12.7. The number of hydrogen-bond acceptors (Lipinski definition) is 2. The molecule has 0 saturated heterocycles. The fourth-order valence-corrected chi connectivity index (χ4v) is 4.75. The molecular weight excluding hydrogens is 298 g/mol. The third-order valence-corrected chi connectivity index (χ3v) is 5.95. The van der Waals surface area contributed by atoms with Crippen LogP contribution in [0.2, 0.25) is 5.02 Å². The first kappa shape index (κ1) is 15.1. The van der Waals surface area contributed by atoms with E-state index < -0.39 is 0 Å². The Hall–Kier alpha value is -0.830. The van der Waals surface area contributed by atoms with Gasteiger partial charge in [0.05, 0.1) is 0 Å². The summed E-state index contributed by atoms with van der Waals surface area (Å²) in [5.41, 5.74) is 4.04. The Kier molecular flexibility index (Phi) is 4.68. The van der Waals surface area contributed by atoms with Gasteiger partial charge in [0.25, 0.3) is 0 Å². The van der Waals surface area contributed by atoms with Crippen molar-refractivity contribution in [2.24, 2.45) is 0 Å². The predicted octanol–water partition coefficient (Wildman–Crippen LogP) is 4.96. The van der Waals surface area contributed by atoms with Gasteiger partial charge in [-0.25, -0.2) is 0 Å². The van der Waals surface area contributed by atoms with Crippen molar-refractivity contribution in [3.63, 3.8) is 0 Å². The Labute approximate surface area is 136 Å². The molecule has 2 atom stereocenters. The normalized spacial score (nSPS) is 19.3. The van der Waals surface area contributed by atoms with Crippen molar-refractivity contribution < 1.29 is 0 Å². The number of benzene rings is 1. The van der Waals surface area contributed by atoms with Crippen LogP contribution in [0.1, 0.15) is 40.3 Å². The number of aryl methyl sites for hydroxylation is 2. The second-order valence-electron chi connectivity index (χ2n) is 5.99. The summed E-state index contributed by atoms with van der Waals surface area (Å²) in [4.78, 5) is 1.58. The molecular formula is C18H22ClNS. The molecule has 0 radical (unpaired) electrons. The second kappa shape index (κ2) is 6.51. The first-order chi connectivity index (χ1) is 10.2. The maximum atomic E-state index is 6.42. The largest absolute Gasteiger partial charge is 0.316 e. The molecule has 0 aliphatic heterocycles. The number of fused-ring (bicyclic) bond motifs is 1. The van der Waals surface area contributed by atoms with Gasteiger partial charge in [0.1, 0.15) is 0 Å². The maximum absolute atomic E-state index is 6.42. The number of thiophene rings is 1. The molecule has 1 heterocycles. The molecule has 3 rings (SSSR count). The highest BCUT2D eigenvalue weighted by molar-refractivity contribution is 7.10. The van der Waals surface area contributed by atoms with E-state index >= 15 is 0 Å². The molecule has 0 saturated carbocycles. The van der Waals surface area contributed by atoms with Crippen molar-refractivity contribution >= 4 is 22.9 Å². The molecule has 0 spiro atoms. The molecule has 1 aromatic carbocycles. The van der Waals surface area contributed by atoms with Crippen LogP contribution >= 0.6 is 22.9 Å². The summed E-state index contributed by atoms with van der Waals surface area (Å²) in [6, 6.07) is 9.19. The van der Waals surface area contributed by atoms with E-state index in [0.717, 1.165) is 11.4 Å². The fourth-order valence-electron chi connectivity index (χ4n) is 3.44. The number of hydrogen-bond donors (Lipinski definition) is 1. The molecule has 2 aromatic rings. The van der Waals surface area contributed by atoms with E-state index in [0.29, 0.717) is 12.0 Å². The zero-order chi connectivity index (χ0) is 14.8. The number of rotatable bonds is 4. The summed E-state index contributed by atoms with van der Waals surface area (Å²) >= 11 is 8.34. The Morgan fingerprint density at radius 1 is 1.38 bits per heavy atom. The summed E-state index contributed by atoms with van der Waals surface area (Å²) in [7, 11) is 2.08. The van der Waals surface area contributed by atoms with Crippen LogP contribution in [-0.2, 0) is 12.8 Å². The number of nitrogens with one attached hydrogen (secondary N) is 1. The highest BCUT2D eigenvalue weighted by Gasteiger charge is 2.28. The quantitative estimate of drug-likeness (QED) is 0.839. The van der Waals surface area contributed by atoms with Gasteiger partial charge in [-0.05, 0) is 73.9 Å². The Balaban J connectivity index is 1.83. The summed E-state index contributed by atoms with van der Waals surface area (Å²) in [6.45, 7) is 2.09. The average molecular weight is 320 g/mol. The van der Waals surface area contributed by atoms with Crippen molar-refractivity contribution in [1.29, 1.82) is 0 Å². The zero-order valence-corrected chi connectivity index (χ0v) is 14.2. The SMILES string of the molecule is CNC(Cc1ccc(C)cc1Cl)C1CCCc2sccc21.